The van der Waals surface area contributed by atoms with Gasteiger partial charge in [-0.1, -0.05) is 18.2 Å². The fourth-order valence-electron chi connectivity index (χ4n) is 2.17. The number of nitrogens with zero attached hydrogens (tertiary/aromatic N) is 1. The molecule has 0 aliphatic heterocycles. The standard InChI is InChI=1S/C14H8N2O2S/c17-14-13-10(15-7-16-14)5-12(19-13)9-6-18-11-4-2-1-3-8(9)11/h1-7H,(H,15,16,17). The Labute approximate surface area is 111 Å². The predicted molar refractivity (Wildman–Crippen MR) is 75.4 cm³/mol. The Morgan fingerprint density at radius 1 is 1.26 bits per heavy atom. The highest BCUT2D eigenvalue weighted by atomic mass is 32.1. The first-order valence-corrected chi connectivity index (χ1v) is 6.58. The summed E-state index contributed by atoms with van der Waals surface area (Å²) in [6.07, 6.45) is 3.15. The number of thiophene rings is 1. The van der Waals surface area contributed by atoms with Gasteiger partial charge in [0.25, 0.3) is 5.56 Å². The molecule has 0 fully saturated rings. The third kappa shape index (κ3) is 1.52. The molecule has 4 aromatic rings. The van der Waals surface area contributed by atoms with E-state index in [9.17, 15) is 4.79 Å². The van der Waals surface area contributed by atoms with Gasteiger partial charge in [0.15, 0.2) is 0 Å². The average Bonchev–Trinajstić information content (AvgIpc) is 3.02. The summed E-state index contributed by atoms with van der Waals surface area (Å²) in [6.45, 7) is 0. The van der Waals surface area contributed by atoms with Crippen LogP contribution in [-0.4, -0.2) is 9.97 Å². The van der Waals surface area contributed by atoms with Crippen LogP contribution >= 0.6 is 11.3 Å². The number of furan rings is 1. The van der Waals surface area contributed by atoms with E-state index in [0.29, 0.717) is 10.2 Å². The lowest BCUT2D eigenvalue weighted by Gasteiger charge is -1.91. The van der Waals surface area contributed by atoms with Crippen molar-refractivity contribution in [2.45, 2.75) is 0 Å². The minimum Gasteiger partial charge on any atom is -0.464 e. The molecule has 5 heteroatoms. The Bertz CT molecular complexity index is 949. The van der Waals surface area contributed by atoms with Crippen LogP contribution in [0.2, 0.25) is 0 Å². The molecule has 19 heavy (non-hydrogen) atoms. The first-order valence-electron chi connectivity index (χ1n) is 5.77. The Morgan fingerprint density at radius 3 is 3.05 bits per heavy atom. The molecule has 0 saturated heterocycles. The molecule has 1 aromatic carbocycles. The number of aromatic nitrogens is 2. The summed E-state index contributed by atoms with van der Waals surface area (Å²) in [6, 6.07) is 9.77. The van der Waals surface area contributed by atoms with Gasteiger partial charge in [0.05, 0.1) is 11.8 Å². The van der Waals surface area contributed by atoms with Gasteiger partial charge in [0.1, 0.15) is 16.5 Å². The van der Waals surface area contributed by atoms with Crippen molar-refractivity contribution in [2.75, 3.05) is 0 Å². The van der Waals surface area contributed by atoms with E-state index in [1.807, 2.05) is 30.3 Å². The molecule has 0 atom stereocenters. The Morgan fingerprint density at radius 2 is 2.16 bits per heavy atom. The highest BCUT2D eigenvalue weighted by Gasteiger charge is 2.12. The largest absolute Gasteiger partial charge is 0.464 e. The van der Waals surface area contributed by atoms with E-state index in [0.717, 1.165) is 21.4 Å². The van der Waals surface area contributed by atoms with Gasteiger partial charge >= 0.3 is 0 Å². The quantitative estimate of drug-likeness (QED) is 0.575. The molecular formula is C14H8N2O2S. The summed E-state index contributed by atoms with van der Waals surface area (Å²) < 4.78 is 6.17. The third-order valence-electron chi connectivity index (χ3n) is 3.06. The second kappa shape index (κ2) is 3.80. The summed E-state index contributed by atoms with van der Waals surface area (Å²) in [5.74, 6) is 0. The topological polar surface area (TPSA) is 58.9 Å². The maximum atomic E-state index is 11.7. The zero-order valence-electron chi connectivity index (χ0n) is 9.71. The lowest BCUT2D eigenvalue weighted by molar-refractivity contribution is 0.617. The van der Waals surface area contributed by atoms with E-state index in [2.05, 4.69) is 9.97 Å². The molecule has 0 bridgehead atoms. The smallest absolute Gasteiger partial charge is 0.268 e. The predicted octanol–water partition coefficient (Wildman–Crippen LogP) is 3.40. The number of H-pyrrole nitrogens is 1. The van der Waals surface area contributed by atoms with Crippen LogP contribution in [0.15, 0.2) is 52.1 Å². The molecule has 1 N–H and O–H groups in total. The zero-order valence-corrected chi connectivity index (χ0v) is 10.5. The van der Waals surface area contributed by atoms with Crippen molar-refractivity contribution in [3.63, 3.8) is 0 Å². The molecule has 4 nitrogen and oxygen atoms in total. The van der Waals surface area contributed by atoms with E-state index in [4.69, 9.17) is 4.42 Å². The van der Waals surface area contributed by atoms with Crippen LogP contribution in [0, 0.1) is 0 Å². The van der Waals surface area contributed by atoms with E-state index < -0.39 is 0 Å². The second-order valence-electron chi connectivity index (χ2n) is 4.20. The summed E-state index contributed by atoms with van der Waals surface area (Å²) in [5, 5.41) is 1.05. The first-order chi connectivity index (χ1) is 9.33. The average molecular weight is 268 g/mol. The van der Waals surface area contributed by atoms with Gasteiger partial charge < -0.3 is 9.40 Å². The molecule has 0 radical (unpaired) electrons. The molecule has 0 unspecified atom stereocenters. The number of para-hydroxylation sites is 1. The van der Waals surface area contributed by atoms with Gasteiger partial charge in [-0.05, 0) is 12.1 Å². The van der Waals surface area contributed by atoms with E-state index >= 15 is 0 Å². The van der Waals surface area contributed by atoms with Gasteiger partial charge in [-0.15, -0.1) is 11.3 Å². The first kappa shape index (κ1) is 10.5. The molecule has 3 aromatic heterocycles. The lowest BCUT2D eigenvalue weighted by Crippen LogP contribution is -2.02. The maximum Gasteiger partial charge on any atom is 0.268 e. The van der Waals surface area contributed by atoms with Crippen LogP contribution in [0.4, 0.5) is 0 Å². The van der Waals surface area contributed by atoms with Crippen LogP contribution in [0.3, 0.4) is 0 Å². The lowest BCUT2D eigenvalue weighted by atomic mass is 10.1. The van der Waals surface area contributed by atoms with Crippen molar-refractivity contribution in [1.82, 2.24) is 9.97 Å². The number of hydrogen-bond donors (Lipinski definition) is 1. The maximum absolute atomic E-state index is 11.7. The SMILES string of the molecule is O=c1[nH]cnc2cc(-c3coc4ccccc34)sc12. The molecule has 0 aliphatic rings. The van der Waals surface area contributed by atoms with Crippen LogP contribution < -0.4 is 5.56 Å². The number of aromatic amines is 1. The fourth-order valence-corrected chi connectivity index (χ4v) is 3.19. The number of benzene rings is 1. The van der Waals surface area contributed by atoms with E-state index in [1.54, 1.807) is 6.26 Å². The van der Waals surface area contributed by atoms with Gasteiger partial charge in [-0.25, -0.2) is 4.98 Å². The highest BCUT2D eigenvalue weighted by Crippen LogP contribution is 2.36. The van der Waals surface area contributed by atoms with Crippen molar-refractivity contribution in [3.05, 3.63) is 53.3 Å². The van der Waals surface area contributed by atoms with Crippen molar-refractivity contribution in [3.8, 4) is 10.4 Å². The van der Waals surface area contributed by atoms with Crippen molar-refractivity contribution < 1.29 is 4.42 Å². The molecule has 0 saturated carbocycles. The Balaban J connectivity index is 2.04. The van der Waals surface area contributed by atoms with Crippen molar-refractivity contribution in [1.29, 1.82) is 0 Å². The molecule has 0 amide bonds. The highest BCUT2D eigenvalue weighted by molar-refractivity contribution is 7.22. The summed E-state index contributed by atoms with van der Waals surface area (Å²) >= 11 is 1.43. The molecule has 0 aliphatic carbocycles. The summed E-state index contributed by atoms with van der Waals surface area (Å²) in [4.78, 5) is 19.5. The normalized spacial score (nSPS) is 11.4. The summed E-state index contributed by atoms with van der Waals surface area (Å²) in [5.41, 5.74) is 2.46. The third-order valence-corrected chi connectivity index (χ3v) is 4.22. The number of nitrogens with one attached hydrogen (secondary N) is 1. The molecule has 0 spiro atoms. The number of hydrogen-bond acceptors (Lipinski definition) is 4. The number of rotatable bonds is 1. The fraction of sp³-hybridized carbons (Fsp3) is 0. The number of fused-ring (bicyclic) bond motifs is 2. The monoisotopic (exact) mass is 268 g/mol. The van der Waals surface area contributed by atoms with E-state index in [-0.39, 0.29) is 5.56 Å². The Kier molecular flexibility index (Phi) is 2.10. The minimum absolute atomic E-state index is 0.103. The van der Waals surface area contributed by atoms with Gasteiger partial charge in [-0.2, -0.15) is 0 Å². The minimum atomic E-state index is -0.103. The van der Waals surface area contributed by atoms with Crippen LogP contribution in [0.1, 0.15) is 0 Å². The van der Waals surface area contributed by atoms with Gasteiger partial charge in [0.2, 0.25) is 0 Å². The second-order valence-corrected chi connectivity index (χ2v) is 5.25. The van der Waals surface area contributed by atoms with Gasteiger partial charge in [0, 0.05) is 15.8 Å². The van der Waals surface area contributed by atoms with Crippen molar-refractivity contribution in [2.24, 2.45) is 0 Å². The van der Waals surface area contributed by atoms with Crippen LogP contribution in [0.25, 0.3) is 31.6 Å². The van der Waals surface area contributed by atoms with Crippen LogP contribution in [0.5, 0.6) is 0 Å². The van der Waals surface area contributed by atoms with E-state index in [1.165, 1.54) is 17.7 Å². The Hall–Kier alpha value is -2.40. The zero-order chi connectivity index (χ0) is 12.8. The van der Waals surface area contributed by atoms with Crippen LogP contribution in [-0.2, 0) is 0 Å². The molecule has 92 valence electrons. The molecule has 3 heterocycles. The van der Waals surface area contributed by atoms with Crippen molar-refractivity contribution >= 4 is 32.5 Å². The van der Waals surface area contributed by atoms with Gasteiger partial charge in [-0.3, -0.25) is 4.79 Å². The summed E-state index contributed by atoms with van der Waals surface area (Å²) in [7, 11) is 0. The molecular weight excluding hydrogens is 260 g/mol. The molecule has 4 rings (SSSR count).